The molecule has 198 valence electrons. The average Bonchev–Trinajstić information content (AvgIpc) is 3.04. The van der Waals surface area contributed by atoms with Gasteiger partial charge in [0.1, 0.15) is 0 Å². The number of allylic oxidation sites excluding steroid dienone is 2. The lowest BCUT2D eigenvalue weighted by atomic mass is 9.67. The first-order valence-corrected chi connectivity index (χ1v) is 15.1. The van der Waals surface area contributed by atoms with Crippen LogP contribution in [0.3, 0.4) is 0 Å². The van der Waals surface area contributed by atoms with Gasteiger partial charge in [-0.2, -0.15) is 0 Å². The molecule has 0 aromatic heterocycles. The highest BCUT2D eigenvalue weighted by molar-refractivity contribution is 6.30. The number of hydrogen-bond acceptors (Lipinski definition) is 2. The van der Waals surface area contributed by atoms with Crippen LogP contribution in [-0.2, 0) is 12.8 Å². The molecule has 0 saturated heterocycles. The Hall–Kier alpha value is -2.19. The Morgan fingerprint density at radius 1 is 1.05 bits per heavy atom. The Morgan fingerprint density at radius 3 is 2.70 bits per heavy atom. The van der Waals surface area contributed by atoms with Crippen molar-refractivity contribution in [1.82, 2.24) is 4.90 Å². The first-order valence-electron chi connectivity index (χ1n) is 14.7. The van der Waals surface area contributed by atoms with E-state index in [-0.39, 0.29) is 0 Å². The van der Waals surface area contributed by atoms with Crippen LogP contribution in [-0.4, -0.2) is 31.6 Å². The lowest BCUT2D eigenvalue weighted by Crippen LogP contribution is -2.41. The molecule has 3 aliphatic rings. The molecule has 0 N–H and O–H groups in total. The van der Waals surface area contributed by atoms with E-state index >= 15 is 0 Å². The fourth-order valence-corrected chi connectivity index (χ4v) is 7.17. The molecule has 2 aliphatic heterocycles. The van der Waals surface area contributed by atoms with E-state index in [0.29, 0.717) is 11.8 Å². The molecule has 1 aliphatic carbocycles. The van der Waals surface area contributed by atoms with Crippen molar-refractivity contribution in [3.63, 3.8) is 0 Å². The number of halogens is 1. The van der Waals surface area contributed by atoms with Crippen molar-refractivity contribution < 1.29 is 0 Å². The number of rotatable bonds is 3. The fourth-order valence-electron chi connectivity index (χ4n) is 6.97. The molecule has 4 atom stereocenters. The van der Waals surface area contributed by atoms with Crippen molar-refractivity contribution >= 4 is 23.0 Å². The van der Waals surface area contributed by atoms with E-state index < -0.39 is 0 Å². The van der Waals surface area contributed by atoms with Gasteiger partial charge in [0.2, 0.25) is 0 Å². The quantitative estimate of drug-likeness (QED) is 0.376. The number of fused-ring (bicyclic) bond motifs is 2. The molecule has 0 radical (unpaired) electrons. The minimum Gasteiger partial charge on any atom is -0.375 e. The standard InChI is InChI=1S/C34H45ClN2/c1-5-9-28-20-31(35)16-18-33(28)30-14-12-26-11-13-27-21-34(26)37(23-30)22-29-15-17-32(29)24(2)10-7-6-8-19-36(4)25(27)3/h7,10-11,13,16,18,20-21,24,29-30,32H,3,5-6,8-9,12,14-15,17,19,22-23H2,1-2,4H3/b10-7+. The maximum Gasteiger partial charge on any atom is 0.0408 e. The van der Waals surface area contributed by atoms with E-state index in [1.807, 2.05) is 0 Å². The number of nitrogens with zero attached hydrogens (tertiary/aromatic N) is 2. The largest absolute Gasteiger partial charge is 0.375 e. The second-order valence-corrected chi connectivity index (χ2v) is 12.3. The van der Waals surface area contributed by atoms with Crippen LogP contribution in [0.1, 0.15) is 80.5 Å². The normalized spacial score (nSPS) is 27.4. The van der Waals surface area contributed by atoms with Crippen molar-refractivity contribution in [1.29, 1.82) is 0 Å². The van der Waals surface area contributed by atoms with Crippen LogP contribution in [0.4, 0.5) is 5.69 Å². The highest BCUT2D eigenvalue weighted by Crippen LogP contribution is 2.44. The summed E-state index contributed by atoms with van der Waals surface area (Å²) in [5, 5.41) is 0.866. The topological polar surface area (TPSA) is 6.48 Å². The number of benzene rings is 2. The smallest absolute Gasteiger partial charge is 0.0408 e. The van der Waals surface area contributed by atoms with Crippen molar-refractivity contribution in [2.45, 2.75) is 71.1 Å². The zero-order valence-electron chi connectivity index (χ0n) is 23.2. The van der Waals surface area contributed by atoms with Gasteiger partial charge >= 0.3 is 0 Å². The summed E-state index contributed by atoms with van der Waals surface area (Å²) in [6.45, 7) is 12.5. The highest BCUT2D eigenvalue weighted by atomic mass is 35.5. The molecule has 5 rings (SSSR count). The monoisotopic (exact) mass is 516 g/mol. The molecular weight excluding hydrogens is 472 g/mol. The summed E-state index contributed by atoms with van der Waals surface area (Å²) < 4.78 is 0. The van der Waals surface area contributed by atoms with Gasteiger partial charge in [0.25, 0.3) is 0 Å². The van der Waals surface area contributed by atoms with E-state index in [4.69, 9.17) is 11.6 Å². The van der Waals surface area contributed by atoms with E-state index in [1.165, 1.54) is 53.6 Å². The summed E-state index contributed by atoms with van der Waals surface area (Å²) in [7, 11) is 2.20. The van der Waals surface area contributed by atoms with Crippen LogP contribution in [0.25, 0.3) is 5.70 Å². The summed E-state index contributed by atoms with van der Waals surface area (Å²) >= 11 is 6.45. The first kappa shape index (κ1) is 26.4. The fraction of sp³-hybridized carbons (Fsp3) is 0.529. The van der Waals surface area contributed by atoms with E-state index in [0.717, 1.165) is 67.9 Å². The third-order valence-electron chi connectivity index (χ3n) is 9.40. The van der Waals surface area contributed by atoms with E-state index in [1.54, 1.807) is 0 Å². The molecule has 2 heterocycles. The summed E-state index contributed by atoms with van der Waals surface area (Å²) in [4.78, 5) is 5.11. The lowest BCUT2D eigenvalue weighted by Gasteiger charge is -2.44. The molecule has 3 heteroatoms. The molecular formula is C34H45ClN2. The molecule has 1 saturated carbocycles. The predicted octanol–water partition coefficient (Wildman–Crippen LogP) is 8.74. The highest BCUT2D eigenvalue weighted by Gasteiger charge is 2.36. The van der Waals surface area contributed by atoms with Gasteiger partial charge in [-0.05, 0) is 103 Å². The maximum absolute atomic E-state index is 6.45. The van der Waals surface area contributed by atoms with Crippen molar-refractivity contribution in [2.24, 2.45) is 17.8 Å². The summed E-state index contributed by atoms with van der Waals surface area (Å²) in [5.41, 5.74) is 8.32. The Kier molecular flexibility index (Phi) is 8.34. The summed E-state index contributed by atoms with van der Waals surface area (Å²) in [6, 6.07) is 13.8. The predicted molar refractivity (Wildman–Crippen MR) is 161 cm³/mol. The van der Waals surface area contributed by atoms with Gasteiger partial charge < -0.3 is 9.80 Å². The van der Waals surface area contributed by atoms with Crippen LogP contribution in [0.2, 0.25) is 5.02 Å². The van der Waals surface area contributed by atoms with Crippen LogP contribution >= 0.6 is 11.6 Å². The van der Waals surface area contributed by atoms with E-state index in [2.05, 4.69) is 85.8 Å². The summed E-state index contributed by atoms with van der Waals surface area (Å²) in [5.74, 6) is 2.76. The second-order valence-electron chi connectivity index (χ2n) is 11.9. The zero-order valence-corrected chi connectivity index (χ0v) is 23.9. The molecule has 2 bridgehead atoms. The average molecular weight is 517 g/mol. The zero-order chi connectivity index (χ0) is 25.9. The molecule has 0 amide bonds. The van der Waals surface area contributed by atoms with Gasteiger partial charge in [-0.25, -0.2) is 0 Å². The van der Waals surface area contributed by atoms with Gasteiger partial charge in [0.15, 0.2) is 0 Å². The Balaban J connectivity index is 1.52. The summed E-state index contributed by atoms with van der Waals surface area (Å²) in [6.07, 6.45) is 14.6. The minimum absolute atomic E-state index is 0.526. The molecule has 37 heavy (non-hydrogen) atoms. The van der Waals surface area contributed by atoms with Gasteiger partial charge in [-0.15, -0.1) is 0 Å². The van der Waals surface area contributed by atoms with Crippen molar-refractivity contribution in [3.05, 3.63) is 82.4 Å². The van der Waals surface area contributed by atoms with Crippen molar-refractivity contribution in [2.75, 3.05) is 31.6 Å². The van der Waals surface area contributed by atoms with Crippen LogP contribution in [0, 0.1) is 17.8 Å². The molecule has 2 aromatic rings. The van der Waals surface area contributed by atoms with Crippen LogP contribution in [0.15, 0.2) is 55.1 Å². The molecule has 4 unspecified atom stereocenters. The minimum atomic E-state index is 0.526. The number of hydrogen-bond donors (Lipinski definition) is 0. The SMILES string of the molecule is C=C1c2ccc3c(c2)N(CC(c2ccc(Cl)cc2CCC)CC3)CC2CCC2C(C)/C=C/CCCN1C. The Morgan fingerprint density at radius 2 is 1.92 bits per heavy atom. The third-order valence-corrected chi connectivity index (χ3v) is 9.63. The van der Waals surface area contributed by atoms with Crippen molar-refractivity contribution in [3.8, 4) is 0 Å². The van der Waals surface area contributed by atoms with E-state index in [9.17, 15) is 0 Å². The van der Waals surface area contributed by atoms with Crippen LogP contribution in [0.5, 0.6) is 0 Å². The third kappa shape index (κ3) is 5.80. The lowest BCUT2D eigenvalue weighted by molar-refractivity contribution is 0.139. The molecule has 1 fully saturated rings. The van der Waals surface area contributed by atoms with Crippen LogP contribution < -0.4 is 4.90 Å². The first-order chi connectivity index (χ1) is 17.9. The number of anilines is 1. The Bertz CT molecular complexity index is 1130. The maximum atomic E-state index is 6.45. The van der Waals surface area contributed by atoms with Gasteiger partial charge in [0, 0.05) is 49.0 Å². The molecule has 2 aromatic carbocycles. The van der Waals surface area contributed by atoms with Gasteiger partial charge in [-0.1, -0.05) is 68.8 Å². The van der Waals surface area contributed by atoms with Gasteiger partial charge in [-0.3, -0.25) is 0 Å². The molecule has 0 spiro atoms. The van der Waals surface area contributed by atoms with Gasteiger partial charge in [0.05, 0.1) is 0 Å². The Labute approximate surface area is 230 Å². The second kappa shape index (κ2) is 11.7. The number of aryl methyl sites for hydroxylation is 2. The molecule has 2 nitrogen and oxygen atoms in total.